The Balaban J connectivity index is -0.000000336. The van der Waals surface area contributed by atoms with Crippen molar-refractivity contribution in [2.45, 2.75) is 41.5 Å². The SMILES string of the molecule is CCP(CC)CC.CCP(CC)CC.Fc1c(F)c(F)[c]([Ni+])c(F)c1F.[Cl-]. The maximum Gasteiger partial charge on any atom is -1.00 e. The second kappa shape index (κ2) is 18.5. The normalized spacial score (nSPS) is 10.0. The van der Waals surface area contributed by atoms with Crippen molar-refractivity contribution in [2.24, 2.45) is 0 Å². The van der Waals surface area contributed by atoms with Crippen LogP contribution in [0.2, 0.25) is 0 Å². The van der Waals surface area contributed by atoms with Gasteiger partial charge in [-0.05, 0) is 37.0 Å². The summed E-state index contributed by atoms with van der Waals surface area (Å²) in [5.74, 6) is -10.1. The maximum atomic E-state index is 12.3. The number of halogens is 6. The van der Waals surface area contributed by atoms with Crippen LogP contribution in [0.15, 0.2) is 0 Å². The quantitative estimate of drug-likeness (QED) is 0.185. The largest absolute Gasteiger partial charge is 1.00 e. The Morgan fingerprint density at radius 3 is 0.852 bits per heavy atom. The molecule has 0 amide bonds. The summed E-state index contributed by atoms with van der Waals surface area (Å²) in [7, 11) is 0.892. The average Bonchev–Trinajstić information content (AvgIpc) is 2.67. The van der Waals surface area contributed by atoms with Gasteiger partial charge in [0.1, 0.15) is 0 Å². The van der Waals surface area contributed by atoms with Crippen molar-refractivity contribution in [1.29, 1.82) is 0 Å². The van der Waals surface area contributed by atoms with Crippen LogP contribution in [0.5, 0.6) is 0 Å². The van der Waals surface area contributed by atoms with E-state index in [1.54, 1.807) is 0 Å². The van der Waals surface area contributed by atoms with Gasteiger partial charge in [0, 0.05) is 0 Å². The molecular formula is C18H30ClF5NiP2. The second-order valence-electron chi connectivity index (χ2n) is 5.09. The molecule has 0 spiro atoms. The Labute approximate surface area is 177 Å². The molecular weight excluding hydrogens is 467 g/mol. The van der Waals surface area contributed by atoms with Gasteiger partial charge in [0.25, 0.3) is 0 Å². The van der Waals surface area contributed by atoms with Crippen LogP contribution in [-0.4, -0.2) is 37.0 Å². The minimum atomic E-state index is -2.19. The molecule has 0 saturated heterocycles. The molecule has 27 heavy (non-hydrogen) atoms. The Morgan fingerprint density at radius 2 is 0.704 bits per heavy atom. The van der Waals surface area contributed by atoms with Crippen molar-refractivity contribution in [3.8, 4) is 0 Å². The summed E-state index contributed by atoms with van der Waals surface area (Å²) in [5.41, 5.74) is 0. The van der Waals surface area contributed by atoms with Crippen molar-refractivity contribution in [3.05, 3.63) is 29.1 Å². The van der Waals surface area contributed by atoms with E-state index < -0.39 is 33.6 Å². The maximum absolute atomic E-state index is 12.3. The van der Waals surface area contributed by atoms with E-state index in [1.807, 2.05) is 0 Å². The Bertz CT molecular complexity index is 385. The molecule has 0 heterocycles. The van der Waals surface area contributed by atoms with Gasteiger partial charge in [-0.1, -0.05) is 41.5 Å². The van der Waals surface area contributed by atoms with Gasteiger partial charge in [-0.25, -0.2) is 0 Å². The van der Waals surface area contributed by atoms with E-state index in [1.165, 1.54) is 37.0 Å². The van der Waals surface area contributed by atoms with Gasteiger partial charge in [0.15, 0.2) is 0 Å². The molecule has 0 unspecified atom stereocenters. The number of hydrogen-bond donors (Lipinski definition) is 0. The first kappa shape index (κ1) is 32.2. The number of benzene rings is 1. The molecule has 0 saturated carbocycles. The Morgan fingerprint density at radius 1 is 0.519 bits per heavy atom. The zero-order valence-electron chi connectivity index (χ0n) is 16.7. The van der Waals surface area contributed by atoms with Gasteiger partial charge in [0.2, 0.25) is 0 Å². The first-order chi connectivity index (χ1) is 12.2. The number of hydrogen-bond acceptors (Lipinski definition) is 0. The van der Waals surface area contributed by atoms with Crippen LogP contribution in [0.1, 0.15) is 41.5 Å². The van der Waals surface area contributed by atoms with Gasteiger partial charge >= 0.3 is 71.0 Å². The summed E-state index contributed by atoms with van der Waals surface area (Å²) in [5, 5.41) is 0. The van der Waals surface area contributed by atoms with Crippen LogP contribution in [0.3, 0.4) is 0 Å². The summed E-state index contributed by atoms with van der Waals surface area (Å²) in [6, 6.07) is 0. The minimum absolute atomic E-state index is 0. The summed E-state index contributed by atoms with van der Waals surface area (Å²) in [4.78, 5) is 0. The minimum Gasteiger partial charge on any atom is -1.00 e. The monoisotopic (exact) mass is 496 g/mol. The fourth-order valence-corrected chi connectivity index (χ4v) is 4.81. The standard InChI is InChI=1S/C6F5.2C6H15P.ClH.Ni/c7-2-1-3(8)5(10)6(11)4(2)9;2*1-4-7(5-2)6-3;;/h;2*4-6H2,1-3H3;1H;/q;;;;+1/p-1. The third-order valence-electron chi connectivity index (χ3n) is 3.81. The van der Waals surface area contributed by atoms with Crippen LogP contribution in [0.25, 0.3) is 0 Å². The first-order valence-electron chi connectivity index (χ1n) is 8.74. The molecule has 0 atom stereocenters. The summed E-state index contributed by atoms with van der Waals surface area (Å²) in [6.45, 7) is 13.7. The van der Waals surface area contributed by atoms with E-state index in [2.05, 4.69) is 57.0 Å². The molecule has 0 radical (unpaired) electrons. The van der Waals surface area contributed by atoms with E-state index in [4.69, 9.17) is 0 Å². The molecule has 0 aliphatic carbocycles. The summed E-state index contributed by atoms with van der Waals surface area (Å²) >= 11 is 3.62. The molecule has 1 rings (SSSR count). The molecule has 0 aliphatic heterocycles. The van der Waals surface area contributed by atoms with Gasteiger partial charge in [-0.3, -0.25) is 0 Å². The van der Waals surface area contributed by atoms with Gasteiger partial charge < -0.3 is 12.4 Å². The van der Waals surface area contributed by atoms with Crippen molar-refractivity contribution >= 4 is 20.4 Å². The molecule has 0 nitrogen and oxygen atoms in total. The molecule has 164 valence electrons. The van der Waals surface area contributed by atoms with Gasteiger partial charge in [-0.2, -0.15) is 0 Å². The summed E-state index contributed by atoms with van der Waals surface area (Å²) in [6.07, 6.45) is 8.51. The van der Waals surface area contributed by atoms with Crippen molar-refractivity contribution in [2.75, 3.05) is 37.0 Å². The third kappa shape index (κ3) is 12.0. The van der Waals surface area contributed by atoms with Crippen LogP contribution in [0, 0.1) is 29.1 Å². The molecule has 1 aromatic rings. The topological polar surface area (TPSA) is 0 Å². The molecule has 0 bridgehead atoms. The molecule has 0 N–H and O–H groups in total. The molecule has 9 heteroatoms. The van der Waals surface area contributed by atoms with E-state index in [0.717, 1.165) is 0 Å². The van der Waals surface area contributed by atoms with E-state index in [9.17, 15) is 22.0 Å². The van der Waals surface area contributed by atoms with E-state index >= 15 is 0 Å². The predicted molar refractivity (Wildman–Crippen MR) is 103 cm³/mol. The predicted octanol–water partition coefficient (Wildman–Crippen LogP) is 3.61. The van der Waals surface area contributed by atoms with Crippen molar-refractivity contribution in [3.63, 3.8) is 0 Å². The molecule has 0 aliphatic rings. The first-order valence-corrected chi connectivity index (χ1v) is 13.0. The van der Waals surface area contributed by atoms with E-state index in [-0.39, 0.29) is 12.4 Å². The van der Waals surface area contributed by atoms with Crippen molar-refractivity contribution < 1.29 is 49.8 Å². The zero-order valence-corrected chi connectivity index (χ0v) is 20.3. The fourth-order valence-electron chi connectivity index (χ4n) is 1.91. The van der Waals surface area contributed by atoms with E-state index in [0.29, 0.717) is 15.8 Å². The van der Waals surface area contributed by atoms with Crippen molar-refractivity contribution in [1.82, 2.24) is 0 Å². The van der Waals surface area contributed by atoms with Gasteiger partial charge in [0.05, 0.1) is 0 Å². The Kier molecular flexibility index (Phi) is 22.1. The second-order valence-corrected chi connectivity index (χ2v) is 12.1. The zero-order chi connectivity index (χ0) is 20.9. The van der Waals surface area contributed by atoms with Crippen LogP contribution in [-0.2, 0) is 15.5 Å². The Hall–Kier alpha value is 0.514. The van der Waals surface area contributed by atoms with Crippen LogP contribution >= 0.6 is 15.8 Å². The third-order valence-corrected chi connectivity index (χ3v) is 9.61. The smallest absolute Gasteiger partial charge is 1.00 e. The molecule has 0 fully saturated rings. The summed E-state index contributed by atoms with van der Waals surface area (Å²) < 4.78 is 60.0. The number of rotatable bonds is 6. The van der Waals surface area contributed by atoms with Crippen LogP contribution in [0.4, 0.5) is 22.0 Å². The molecule has 1 aromatic carbocycles. The molecule has 0 aromatic heterocycles. The van der Waals surface area contributed by atoms with Crippen LogP contribution < -0.4 is 16.9 Å². The average molecular weight is 498 g/mol. The van der Waals surface area contributed by atoms with Gasteiger partial charge in [-0.15, -0.1) is 15.8 Å². The fraction of sp³-hybridized carbons (Fsp3) is 0.667.